The number of carbonyl (C=O) groups is 1. The summed E-state index contributed by atoms with van der Waals surface area (Å²) in [6, 6.07) is 8.40. The van der Waals surface area contributed by atoms with E-state index in [0.29, 0.717) is 19.8 Å². The van der Waals surface area contributed by atoms with E-state index < -0.39 is 6.10 Å². The van der Waals surface area contributed by atoms with Crippen LogP contribution in [0.25, 0.3) is 0 Å². The first-order chi connectivity index (χ1) is 16.5. The molecule has 1 saturated heterocycles. The Kier molecular flexibility index (Phi) is 14.2. The summed E-state index contributed by atoms with van der Waals surface area (Å²) in [6.45, 7) is 11.9. The average molecular weight is 497 g/mol. The lowest BCUT2D eigenvalue weighted by molar-refractivity contribution is -0.246. The van der Waals surface area contributed by atoms with Crippen molar-refractivity contribution in [1.29, 1.82) is 0 Å². The fourth-order valence-electron chi connectivity index (χ4n) is 3.72. The van der Waals surface area contributed by atoms with E-state index in [-0.39, 0.29) is 36.3 Å². The minimum atomic E-state index is -0.429. The van der Waals surface area contributed by atoms with Crippen LogP contribution in [0.4, 0.5) is 0 Å². The van der Waals surface area contributed by atoms with E-state index in [1.54, 1.807) is 11.8 Å². The Morgan fingerprint density at radius 3 is 1.91 bits per heavy atom. The highest BCUT2D eigenvalue weighted by Crippen LogP contribution is 2.37. The molecule has 0 bridgehead atoms. The van der Waals surface area contributed by atoms with Gasteiger partial charge in [0.25, 0.3) is 0 Å². The summed E-state index contributed by atoms with van der Waals surface area (Å²) >= 11 is 1.63. The molecule has 0 aliphatic carbocycles. The highest BCUT2D eigenvalue weighted by Gasteiger charge is 2.48. The third-order valence-electron chi connectivity index (χ3n) is 5.74. The quantitative estimate of drug-likeness (QED) is 0.208. The molecule has 2 rings (SSSR count). The van der Waals surface area contributed by atoms with Crippen LogP contribution >= 0.6 is 11.8 Å². The summed E-state index contributed by atoms with van der Waals surface area (Å²) in [5.41, 5.74) is 0.903. The van der Waals surface area contributed by atoms with Crippen molar-refractivity contribution in [3.05, 3.63) is 29.8 Å². The van der Waals surface area contributed by atoms with Crippen LogP contribution in [0, 0.1) is 6.92 Å². The number of unbranched alkanes of at least 4 members (excludes halogenated alkanes) is 3. The Hall–Kier alpha value is -1.12. The van der Waals surface area contributed by atoms with E-state index in [9.17, 15) is 4.79 Å². The number of rotatable bonds is 16. The fourth-order valence-corrected chi connectivity index (χ4v) is 4.84. The summed E-state index contributed by atoms with van der Waals surface area (Å²) in [5, 5.41) is 0. The van der Waals surface area contributed by atoms with Crippen LogP contribution in [0.2, 0.25) is 0 Å². The monoisotopic (exact) mass is 496 g/mol. The molecule has 7 heteroatoms. The standard InChI is InChI=1S/C27H44O6S/c1-6-9-16-29-24-23(19-32-21(5)28)33-27(34-22-14-12-20(4)13-15-22)26(31-18-11-8-3)25(24)30-17-10-7-2/h12-15,23-27H,6-11,16-19H2,1-5H3/t23?,24-,25?,26-,27-/m0/s1. The molecule has 0 amide bonds. The number of hydrogen-bond donors (Lipinski definition) is 0. The zero-order valence-corrected chi connectivity index (χ0v) is 22.4. The lowest BCUT2D eigenvalue weighted by atomic mass is 9.99. The van der Waals surface area contributed by atoms with Gasteiger partial charge in [0.15, 0.2) is 0 Å². The normalized spacial score (nSPS) is 24.8. The lowest BCUT2D eigenvalue weighted by Gasteiger charge is -2.45. The number of thioether (sulfide) groups is 1. The van der Waals surface area contributed by atoms with Gasteiger partial charge in [0.2, 0.25) is 0 Å². The van der Waals surface area contributed by atoms with E-state index in [4.69, 9.17) is 23.7 Å². The molecular formula is C27H44O6S. The second-order valence-corrected chi connectivity index (χ2v) is 10.0. The van der Waals surface area contributed by atoms with Gasteiger partial charge in [-0.15, -0.1) is 0 Å². The van der Waals surface area contributed by atoms with Crippen LogP contribution in [0.3, 0.4) is 0 Å². The SMILES string of the molecule is CCCCOC1[C@@H](OCCCC)C(COC(C)=O)O[C@@H](Sc2ccc(C)cc2)[C@H]1OCCCC. The molecule has 34 heavy (non-hydrogen) atoms. The molecule has 0 N–H and O–H groups in total. The van der Waals surface area contributed by atoms with E-state index >= 15 is 0 Å². The molecule has 2 unspecified atom stereocenters. The van der Waals surface area contributed by atoms with Crippen molar-refractivity contribution < 1.29 is 28.5 Å². The van der Waals surface area contributed by atoms with Crippen molar-refractivity contribution >= 4 is 17.7 Å². The van der Waals surface area contributed by atoms with Crippen LogP contribution in [-0.4, -0.2) is 62.2 Å². The van der Waals surface area contributed by atoms with E-state index in [1.807, 2.05) is 0 Å². The Morgan fingerprint density at radius 2 is 1.38 bits per heavy atom. The maximum absolute atomic E-state index is 11.6. The average Bonchev–Trinajstić information content (AvgIpc) is 2.82. The third-order valence-corrected chi connectivity index (χ3v) is 6.90. The van der Waals surface area contributed by atoms with Crippen LogP contribution in [0.15, 0.2) is 29.2 Å². The van der Waals surface area contributed by atoms with E-state index in [2.05, 4.69) is 52.0 Å². The van der Waals surface area contributed by atoms with Crippen molar-refractivity contribution in [2.24, 2.45) is 0 Å². The predicted octanol–water partition coefficient (Wildman–Crippen LogP) is 5.93. The van der Waals surface area contributed by atoms with Crippen LogP contribution in [0.5, 0.6) is 0 Å². The van der Waals surface area contributed by atoms with Gasteiger partial charge >= 0.3 is 5.97 Å². The number of ether oxygens (including phenoxy) is 5. The van der Waals surface area contributed by atoms with Gasteiger partial charge in [0.05, 0.1) is 0 Å². The number of hydrogen-bond acceptors (Lipinski definition) is 7. The van der Waals surface area contributed by atoms with Gasteiger partial charge < -0.3 is 23.7 Å². The van der Waals surface area contributed by atoms with Gasteiger partial charge in [0, 0.05) is 31.6 Å². The maximum atomic E-state index is 11.6. The molecule has 1 aromatic rings. The maximum Gasteiger partial charge on any atom is 0.302 e. The summed E-state index contributed by atoms with van der Waals surface area (Å²) in [6.07, 6.45) is 4.61. The van der Waals surface area contributed by atoms with Gasteiger partial charge in [-0.2, -0.15) is 0 Å². The fraction of sp³-hybridized carbons (Fsp3) is 0.741. The van der Waals surface area contributed by atoms with Gasteiger partial charge in [-0.3, -0.25) is 4.79 Å². The van der Waals surface area contributed by atoms with Gasteiger partial charge in [-0.1, -0.05) is 69.5 Å². The summed E-state index contributed by atoms with van der Waals surface area (Å²) in [7, 11) is 0. The smallest absolute Gasteiger partial charge is 0.302 e. The molecule has 0 radical (unpaired) electrons. The Bertz CT molecular complexity index is 682. The minimum absolute atomic E-state index is 0.131. The van der Waals surface area contributed by atoms with Crippen molar-refractivity contribution in [3.63, 3.8) is 0 Å². The van der Waals surface area contributed by atoms with Crippen molar-refractivity contribution in [2.75, 3.05) is 26.4 Å². The van der Waals surface area contributed by atoms with E-state index in [1.165, 1.54) is 12.5 Å². The molecule has 0 saturated carbocycles. The molecular weight excluding hydrogens is 452 g/mol. The minimum Gasteiger partial charge on any atom is -0.463 e. The summed E-state index contributed by atoms with van der Waals surface area (Å²) in [4.78, 5) is 12.7. The highest BCUT2D eigenvalue weighted by atomic mass is 32.2. The Balaban J connectivity index is 2.33. The van der Waals surface area contributed by atoms with Gasteiger partial charge in [-0.05, 0) is 38.3 Å². The molecule has 1 heterocycles. The van der Waals surface area contributed by atoms with E-state index in [0.717, 1.165) is 43.4 Å². The highest BCUT2D eigenvalue weighted by molar-refractivity contribution is 7.99. The van der Waals surface area contributed by atoms with Crippen LogP contribution < -0.4 is 0 Å². The zero-order chi connectivity index (χ0) is 24.8. The topological polar surface area (TPSA) is 63.2 Å². The van der Waals surface area contributed by atoms with Gasteiger partial charge in [-0.25, -0.2) is 0 Å². The van der Waals surface area contributed by atoms with Crippen molar-refractivity contribution in [1.82, 2.24) is 0 Å². The lowest BCUT2D eigenvalue weighted by Crippen LogP contribution is -2.60. The van der Waals surface area contributed by atoms with Gasteiger partial charge in [0.1, 0.15) is 36.5 Å². The molecule has 0 aromatic heterocycles. The first kappa shape index (κ1) is 29.1. The number of esters is 1. The van der Waals surface area contributed by atoms with Crippen LogP contribution in [-0.2, 0) is 28.5 Å². The molecule has 1 fully saturated rings. The number of benzene rings is 1. The first-order valence-corrected chi connectivity index (χ1v) is 13.7. The molecule has 194 valence electrons. The molecule has 1 aliphatic heterocycles. The molecule has 5 atom stereocenters. The molecule has 1 aromatic carbocycles. The predicted molar refractivity (Wildman–Crippen MR) is 136 cm³/mol. The second kappa shape index (κ2) is 16.5. The second-order valence-electron chi connectivity index (χ2n) is 8.84. The zero-order valence-electron chi connectivity index (χ0n) is 21.6. The third kappa shape index (κ3) is 9.86. The first-order valence-electron chi connectivity index (χ1n) is 12.9. The Morgan fingerprint density at radius 1 is 0.853 bits per heavy atom. The summed E-state index contributed by atoms with van der Waals surface area (Å²) in [5.74, 6) is -0.330. The largest absolute Gasteiger partial charge is 0.463 e. The Labute approximate surface area is 210 Å². The molecule has 6 nitrogen and oxygen atoms in total. The number of aryl methyl sites for hydroxylation is 1. The number of carbonyl (C=O) groups excluding carboxylic acids is 1. The van der Waals surface area contributed by atoms with Crippen molar-refractivity contribution in [3.8, 4) is 0 Å². The molecule has 1 aliphatic rings. The molecule has 0 spiro atoms. The summed E-state index contributed by atoms with van der Waals surface area (Å²) < 4.78 is 31.1. The van der Waals surface area contributed by atoms with Crippen molar-refractivity contribution in [2.45, 2.75) is 108 Å². The van der Waals surface area contributed by atoms with Crippen LogP contribution in [0.1, 0.15) is 71.8 Å².